The van der Waals surface area contributed by atoms with Gasteiger partial charge in [0.2, 0.25) is 0 Å². The zero-order valence-corrected chi connectivity index (χ0v) is 10.2. The minimum absolute atomic E-state index is 0.137. The number of hydrogen-bond acceptors (Lipinski definition) is 4. The number of hydrogen-bond donors (Lipinski definition) is 1. The van der Waals surface area contributed by atoms with Crippen LogP contribution in [0.5, 0.6) is 0 Å². The van der Waals surface area contributed by atoms with Crippen molar-refractivity contribution in [1.29, 1.82) is 0 Å². The van der Waals surface area contributed by atoms with Gasteiger partial charge in [-0.2, -0.15) is 0 Å². The minimum atomic E-state index is -0.169. The number of methoxy groups -OCH3 is 2. The van der Waals surface area contributed by atoms with E-state index in [4.69, 9.17) is 14.2 Å². The van der Waals surface area contributed by atoms with Crippen LogP contribution in [0.2, 0.25) is 0 Å². The largest absolute Gasteiger partial charge is 0.391 e. The first-order chi connectivity index (χ1) is 7.31. The molecule has 1 aliphatic heterocycles. The molecule has 1 heterocycles. The van der Waals surface area contributed by atoms with Crippen LogP contribution in [-0.4, -0.2) is 33.3 Å². The highest BCUT2D eigenvalue weighted by atomic mass is 16.8. The highest BCUT2D eigenvalue weighted by molar-refractivity contribution is 4.77. The fourth-order valence-electron chi connectivity index (χ4n) is 1.49. The van der Waals surface area contributed by atoms with Gasteiger partial charge in [-0.05, 0) is 6.20 Å². The summed E-state index contributed by atoms with van der Waals surface area (Å²) in [6, 6.07) is 0. The molecule has 15 heavy (non-hydrogen) atoms. The van der Waals surface area contributed by atoms with Gasteiger partial charge >= 0.3 is 0 Å². The second-order valence-electron chi connectivity index (χ2n) is 3.01. The van der Waals surface area contributed by atoms with Crippen molar-refractivity contribution in [3.8, 4) is 0 Å². The standard InChI is InChI=1S/C9H17NO3.C2H6/c1-4-10-6-7-5-8(11-2)13-9(7)12-3;1-2/h4,7-10H,1,5-6H2,2-3H3;1-2H3. The van der Waals surface area contributed by atoms with Crippen molar-refractivity contribution < 1.29 is 14.2 Å². The van der Waals surface area contributed by atoms with Crippen LogP contribution in [0.4, 0.5) is 0 Å². The van der Waals surface area contributed by atoms with Gasteiger partial charge in [-0.1, -0.05) is 20.4 Å². The van der Waals surface area contributed by atoms with Crippen molar-refractivity contribution in [2.75, 3.05) is 20.8 Å². The van der Waals surface area contributed by atoms with Gasteiger partial charge in [-0.15, -0.1) is 0 Å². The summed E-state index contributed by atoms with van der Waals surface area (Å²) in [6.07, 6.45) is 2.22. The van der Waals surface area contributed by atoms with Gasteiger partial charge in [0.05, 0.1) is 0 Å². The Hall–Kier alpha value is -0.580. The molecule has 1 rings (SSSR count). The van der Waals surface area contributed by atoms with E-state index in [1.54, 1.807) is 20.4 Å². The molecule has 4 nitrogen and oxygen atoms in total. The third-order valence-corrected chi connectivity index (χ3v) is 2.19. The normalized spacial score (nSPS) is 29.2. The van der Waals surface area contributed by atoms with Crippen LogP contribution in [0.1, 0.15) is 20.3 Å². The van der Waals surface area contributed by atoms with Gasteiger partial charge in [0, 0.05) is 33.1 Å². The van der Waals surface area contributed by atoms with E-state index in [1.165, 1.54) is 0 Å². The Morgan fingerprint density at radius 3 is 2.53 bits per heavy atom. The molecule has 3 unspecified atom stereocenters. The van der Waals surface area contributed by atoms with E-state index in [0.717, 1.165) is 13.0 Å². The SMILES string of the molecule is C=CNCC1CC(OC)OC1OC.CC. The highest BCUT2D eigenvalue weighted by Crippen LogP contribution is 2.26. The minimum Gasteiger partial charge on any atom is -0.391 e. The maximum Gasteiger partial charge on any atom is 0.165 e. The zero-order valence-electron chi connectivity index (χ0n) is 10.2. The van der Waals surface area contributed by atoms with Crippen molar-refractivity contribution >= 4 is 0 Å². The molecule has 0 aromatic carbocycles. The molecule has 90 valence electrons. The van der Waals surface area contributed by atoms with E-state index in [9.17, 15) is 0 Å². The number of ether oxygens (including phenoxy) is 3. The smallest absolute Gasteiger partial charge is 0.165 e. The quantitative estimate of drug-likeness (QED) is 0.761. The fourth-order valence-corrected chi connectivity index (χ4v) is 1.49. The number of rotatable bonds is 5. The van der Waals surface area contributed by atoms with Gasteiger partial charge in [-0.3, -0.25) is 0 Å². The second-order valence-corrected chi connectivity index (χ2v) is 3.01. The van der Waals surface area contributed by atoms with Crippen molar-refractivity contribution in [2.45, 2.75) is 32.8 Å². The fraction of sp³-hybridized carbons (Fsp3) is 0.818. The summed E-state index contributed by atoms with van der Waals surface area (Å²) in [5, 5.41) is 3.05. The van der Waals surface area contributed by atoms with Crippen LogP contribution in [0.15, 0.2) is 12.8 Å². The van der Waals surface area contributed by atoms with E-state index >= 15 is 0 Å². The summed E-state index contributed by atoms with van der Waals surface area (Å²) in [4.78, 5) is 0. The molecule has 3 atom stereocenters. The van der Waals surface area contributed by atoms with Crippen molar-refractivity contribution in [3.63, 3.8) is 0 Å². The molecule has 0 spiro atoms. The Morgan fingerprint density at radius 1 is 1.40 bits per heavy atom. The molecule has 0 radical (unpaired) electrons. The van der Waals surface area contributed by atoms with Crippen molar-refractivity contribution in [1.82, 2.24) is 5.32 Å². The van der Waals surface area contributed by atoms with E-state index in [1.807, 2.05) is 13.8 Å². The van der Waals surface area contributed by atoms with Crippen LogP contribution < -0.4 is 5.32 Å². The summed E-state index contributed by atoms with van der Waals surface area (Å²) < 4.78 is 15.7. The Bertz CT molecular complexity index is 164. The second kappa shape index (κ2) is 8.71. The van der Waals surface area contributed by atoms with Crippen LogP contribution in [0.3, 0.4) is 0 Å². The Kier molecular flexibility index (Phi) is 8.37. The van der Waals surface area contributed by atoms with Gasteiger partial charge in [0.15, 0.2) is 12.6 Å². The first kappa shape index (κ1) is 14.4. The predicted octanol–water partition coefficient (Wildman–Crippen LogP) is 1.73. The zero-order chi connectivity index (χ0) is 11.7. The molecule has 0 saturated carbocycles. The van der Waals surface area contributed by atoms with Gasteiger partial charge in [-0.25, -0.2) is 0 Å². The summed E-state index contributed by atoms with van der Waals surface area (Å²) >= 11 is 0. The molecule has 4 heteroatoms. The number of nitrogens with one attached hydrogen (secondary N) is 1. The molecule has 0 aromatic rings. The van der Waals surface area contributed by atoms with E-state index in [-0.39, 0.29) is 12.6 Å². The van der Waals surface area contributed by atoms with Crippen LogP contribution in [-0.2, 0) is 14.2 Å². The molecule has 1 N–H and O–H groups in total. The topological polar surface area (TPSA) is 39.7 Å². The monoisotopic (exact) mass is 217 g/mol. The summed E-state index contributed by atoms with van der Waals surface area (Å²) in [5.74, 6) is 0.327. The first-order valence-electron chi connectivity index (χ1n) is 5.37. The Morgan fingerprint density at radius 2 is 2.07 bits per heavy atom. The average Bonchev–Trinajstić information content (AvgIpc) is 2.71. The van der Waals surface area contributed by atoms with Gasteiger partial charge < -0.3 is 19.5 Å². The lowest BCUT2D eigenvalue weighted by molar-refractivity contribution is -0.192. The summed E-state index contributed by atoms with van der Waals surface area (Å²) in [5.41, 5.74) is 0. The van der Waals surface area contributed by atoms with Gasteiger partial charge in [0.1, 0.15) is 0 Å². The Balaban J connectivity index is 0.000000921. The molecular formula is C11H23NO3. The molecule has 0 aromatic heterocycles. The van der Waals surface area contributed by atoms with E-state index in [0.29, 0.717) is 5.92 Å². The van der Waals surface area contributed by atoms with Crippen molar-refractivity contribution in [2.24, 2.45) is 5.92 Å². The van der Waals surface area contributed by atoms with Crippen LogP contribution in [0, 0.1) is 5.92 Å². The molecular weight excluding hydrogens is 194 g/mol. The highest BCUT2D eigenvalue weighted by Gasteiger charge is 2.34. The van der Waals surface area contributed by atoms with Gasteiger partial charge in [0.25, 0.3) is 0 Å². The average molecular weight is 217 g/mol. The third-order valence-electron chi connectivity index (χ3n) is 2.19. The molecule has 1 aliphatic rings. The van der Waals surface area contributed by atoms with Crippen molar-refractivity contribution in [3.05, 3.63) is 12.8 Å². The first-order valence-corrected chi connectivity index (χ1v) is 5.37. The maximum absolute atomic E-state index is 5.45. The third kappa shape index (κ3) is 4.64. The predicted molar refractivity (Wildman–Crippen MR) is 60.3 cm³/mol. The van der Waals surface area contributed by atoms with Crippen LogP contribution >= 0.6 is 0 Å². The van der Waals surface area contributed by atoms with Crippen LogP contribution in [0.25, 0.3) is 0 Å². The molecule has 1 fully saturated rings. The lowest BCUT2D eigenvalue weighted by Crippen LogP contribution is -2.26. The molecule has 1 saturated heterocycles. The lowest BCUT2D eigenvalue weighted by atomic mass is 10.1. The van der Waals surface area contributed by atoms with E-state index in [2.05, 4.69) is 11.9 Å². The summed E-state index contributed by atoms with van der Waals surface area (Å²) in [6.45, 7) is 8.40. The Labute approximate surface area is 92.6 Å². The molecule has 0 amide bonds. The summed E-state index contributed by atoms with van der Waals surface area (Å²) in [7, 11) is 3.28. The lowest BCUT2D eigenvalue weighted by Gasteiger charge is -2.15. The molecule has 0 bridgehead atoms. The molecule has 0 aliphatic carbocycles. The van der Waals surface area contributed by atoms with E-state index < -0.39 is 0 Å². The maximum atomic E-state index is 5.45.